The van der Waals surface area contributed by atoms with E-state index in [1.165, 1.54) is 0 Å². The van der Waals surface area contributed by atoms with Crippen LogP contribution in [0.2, 0.25) is 36.8 Å². The second-order valence-electron chi connectivity index (χ2n) is 7.24. The van der Waals surface area contributed by atoms with Crippen molar-refractivity contribution in [1.82, 2.24) is 0 Å². The Labute approximate surface area is 119 Å². The molecule has 0 aliphatic heterocycles. The van der Waals surface area contributed by atoms with Gasteiger partial charge in [-0.3, -0.25) is 4.79 Å². The lowest BCUT2D eigenvalue weighted by molar-refractivity contribution is -0.135. The van der Waals surface area contributed by atoms with Crippen molar-refractivity contribution < 1.29 is 9.22 Å². The first kappa shape index (κ1) is 18.2. The van der Waals surface area contributed by atoms with E-state index in [4.69, 9.17) is 15.5 Å². The normalized spacial score (nSPS) is 15.4. The van der Waals surface area contributed by atoms with E-state index in [1.54, 1.807) is 0 Å². The highest BCUT2D eigenvalue weighted by atomic mass is 35.6. The first-order chi connectivity index (χ1) is 7.77. The Morgan fingerprint density at radius 3 is 2.00 bits per heavy atom. The second kappa shape index (κ2) is 6.10. The van der Waals surface area contributed by atoms with Gasteiger partial charge in [0.25, 0.3) is 14.3 Å². The quantitative estimate of drug-likeness (QED) is 0.518. The molecule has 0 aliphatic carbocycles. The van der Waals surface area contributed by atoms with Crippen molar-refractivity contribution in [2.24, 2.45) is 0 Å². The molecule has 108 valence electrons. The molecule has 0 aliphatic rings. The van der Waals surface area contributed by atoms with Gasteiger partial charge in [-0.2, -0.15) is 11.1 Å². The summed E-state index contributed by atoms with van der Waals surface area (Å²) in [6, 6.07) is 0. The van der Waals surface area contributed by atoms with E-state index in [0.717, 1.165) is 6.42 Å². The van der Waals surface area contributed by atoms with Crippen LogP contribution in [-0.4, -0.2) is 21.7 Å². The van der Waals surface area contributed by atoms with E-state index in [1.807, 2.05) is 0 Å². The molecule has 0 aromatic heterocycles. The molecule has 0 amide bonds. The molecule has 5 heteroatoms. The minimum Gasteiger partial charge on any atom is -0.519 e. The van der Waals surface area contributed by atoms with Gasteiger partial charge >= 0.3 is 0 Å². The molecule has 0 aromatic rings. The SMILES string of the molecule is CC(CCC(=O)O[Si](C)(C)C(C)(C)C)[Si](C)(C)Cl. The molecule has 0 heterocycles. The molecule has 18 heavy (non-hydrogen) atoms. The number of carbonyl (C=O) groups excluding carboxylic acids is 1. The number of hydrogen-bond acceptors (Lipinski definition) is 2. The third-order valence-electron chi connectivity index (χ3n) is 4.13. The Morgan fingerprint density at radius 1 is 1.22 bits per heavy atom. The summed E-state index contributed by atoms with van der Waals surface area (Å²) >= 11 is 6.37. The summed E-state index contributed by atoms with van der Waals surface area (Å²) in [5.41, 5.74) is 0.436. The van der Waals surface area contributed by atoms with Crippen molar-refractivity contribution in [2.45, 2.75) is 77.3 Å². The van der Waals surface area contributed by atoms with Gasteiger partial charge in [-0.1, -0.05) is 40.8 Å². The Balaban J connectivity index is 4.31. The molecule has 0 bridgehead atoms. The first-order valence-corrected chi connectivity index (χ1v) is 13.7. The minimum absolute atomic E-state index is 0.0524. The molecule has 0 N–H and O–H groups in total. The molecule has 0 aromatic carbocycles. The van der Waals surface area contributed by atoms with Gasteiger partial charge < -0.3 is 4.43 Å². The second-order valence-corrected chi connectivity index (χ2v) is 19.0. The standard InChI is InChI=1S/C13H29ClO2Si2/c1-11(17(5,6)14)9-10-12(15)16-18(7,8)13(2,3)4/h11H,9-10H2,1-8H3. The molecule has 0 radical (unpaired) electrons. The molecule has 0 spiro atoms. The van der Waals surface area contributed by atoms with Crippen molar-refractivity contribution in [3.8, 4) is 0 Å². The summed E-state index contributed by atoms with van der Waals surface area (Å²) in [7, 11) is -3.60. The van der Waals surface area contributed by atoms with Crippen LogP contribution in [0.1, 0.15) is 40.5 Å². The van der Waals surface area contributed by atoms with Crippen molar-refractivity contribution in [2.75, 3.05) is 0 Å². The molecule has 0 saturated carbocycles. The lowest BCUT2D eigenvalue weighted by Gasteiger charge is -2.35. The topological polar surface area (TPSA) is 26.3 Å². The molecule has 1 unspecified atom stereocenters. The summed E-state index contributed by atoms with van der Waals surface area (Å²) in [5.74, 6) is -0.0524. The third kappa shape index (κ3) is 5.89. The van der Waals surface area contributed by atoms with Crippen LogP contribution in [0.5, 0.6) is 0 Å². The van der Waals surface area contributed by atoms with Gasteiger partial charge in [0.15, 0.2) is 7.38 Å². The zero-order chi connectivity index (χ0) is 14.8. The highest BCUT2D eigenvalue weighted by molar-refractivity contribution is 7.19. The summed E-state index contributed by atoms with van der Waals surface area (Å²) in [6.07, 6.45) is 1.34. The highest BCUT2D eigenvalue weighted by Crippen LogP contribution is 2.37. The number of hydrogen-bond donors (Lipinski definition) is 0. The lowest BCUT2D eigenvalue weighted by Crippen LogP contribution is -2.42. The number of carbonyl (C=O) groups is 1. The summed E-state index contributed by atoms with van der Waals surface area (Å²) in [5, 5.41) is 0.0782. The number of rotatable bonds is 5. The smallest absolute Gasteiger partial charge is 0.292 e. The van der Waals surface area contributed by atoms with E-state index in [0.29, 0.717) is 12.0 Å². The molecule has 0 fully saturated rings. The maximum atomic E-state index is 11.9. The van der Waals surface area contributed by atoms with E-state index < -0.39 is 15.7 Å². The van der Waals surface area contributed by atoms with Gasteiger partial charge in [-0.25, -0.2) is 0 Å². The predicted molar refractivity (Wildman–Crippen MR) is 85.3 cm³/mol. The van der Waals surface area contributed by atoms with Crippen molar-refractivity contribution in [3.63, 3.8) is 0 Å². The van der Waals surface area contributed by atoms with Gasteiger partial charge in [0.2, 0.25) is 0 Å². The van der Waals surface area contributed by atoms with Crippen LogP contribution < -0.4 is 0 Å². The van der Waals surface area contributed by atoms with Crippen LogP contribution >= 0.6 is 11.1 Å². The predicted octanol–water partition coefficient (Wildman–Crippen LogP) is 5.15. The largest absolute Gasteiger partial charge is 0.519 e. The van der Waals surface area contributed by atoms with E-state index in [2.05, 4.69) is 53.9 Å². The van der Waals surface area contributed by atoms with Crippen molar-refractivity contribution in [1.29, 1.82) is 0 Å². The molecule has 0 rings (SSSR count). The van der Waals surface area contributed by atoms with Crippen LogP contribution in [-0.2, 0) is 9.22 Å². The van der Waals surface area contributed by atoms with Crippen LogP contribution in [0.4, 0.5) is 0 Å². The Kier molecular flexibility index (Phi) is 6.16. The van der Waals surface area contributed by atoms with Crippen LogP contribution in [0.3, 0.4) is 0 Å². The zero-order valence-corrected chi connectivity index (χ0v) is 15.9. The first-order valence-electron chi connectivity index (χ1n) is 6.68. The van der Waals surface area contributed by atoms with Gasteiger partial charge in [-0.15, -0.1) is 0 Å². The average Bonchev–Trinajstić information content (AvgIpc) is 2.09. The van der Waals surface area contributed by atoms with Gasteiger partial charge in [0, 0.05) is 6.42 Å². The minimum atomic E-state index is -1.96. The Hall–Kier alpha value is 0.194. The molecular formula is C13H29ClO2Si2. The van der Waals surface area contributed by atoms with Crippen LogP contribution in [0.15, 0.2) is 0 Å². The fraction of sp³-hybridized carbons (Fsp3) is 0.923. The fourth-order valence-corrected chi connectivity index (χ4v) is 3.30. The van der Waals surface area contributed by atoms with E-state index in [-0.39, 0.29) is 11.0 Å². The average molecular weight is 309 g/mol. The Morgan fingerprint density at radius 2 is 1.67 bits per heavy atom. The summed E-state index contributed by atoms with van der Waals surface area (Å²) in [6.45, 7) is 17.0. The molecular weight excluding hydrogens is 280 g/mol. The molecule has 2 nitrogen and oxygen atoms in total. The molecule has 1 atom stereocenters. The Bertz CT molecular complexity index is 290. The monoisotopic (exact) mass is 308 g/mol. The zero-order valence-electron chi connectivity index (χ0n) is 13.2. The summed E-state index contributed by atoms with van der Waals surface area (Å²) in [4.78, 5) is 11.9. The highest BCUT2D eigenvalue weighted by Gasteiger charge is 2.40. The number of halogens is 1. The van der Waals surface area contributed by atoms with Crippen molar-refractivity contribution >= 4 is 32.7 Å². The van der Waals surface area contributed by atoms with Crippen LogP contribution in [0.25, 0.3) is 0 Å². The maximum Gasteiger partial charge on any atom is 0.292 e. The maximum absolute atomic E-state index is 11.9. The van der Waals surface area contributed by atoms with Gasteiger partial charge in [-0.05, 0) is 30.1 Å². The van der Waals surface area contributed by atoms with Crippen molar-refractivity contribution in [3.05, 3.63) is 0 Å². The van der Waals surface area contributed by atoms with Gasteiger partial charge in [0.05, 0.1) is 0 Å². The van der Waals surface area contributed by atoms with Crippen LogP contribution in [0, 0.1) is 0 Å². The van der Waals surface area contributed by atoms with E-state index >= 15 is 0 Å². The molecule has 0 saturated heterocycles. The third-order valence-corrected chi connectivity index (χ3v) is 12.2. The van der Waals surface area contributed by atoms with Gasteiger partial charge in [0.1, 0.15) is 0 Å². The lowest BCUT2D eigenvalue weighted by atomic mass is 10.2. The fourth-order valence-electron chi connectivity index (χ4n) is 1.17. The van der Waals surface area contributed by atoms with E-state index in [9.17, 15) is 4.79 Å². The summed E-state index contributed by atoms with van der Waals surface area (Å²) < 4.78 is 5.74.